The molecule has 0 aromatic carbocycles. The van der Waals surface area contributed by atoms with Gasteiger partial charge in [0.1, 0.15) is 0 Å². The van der Waals surface area contributed by atoms with Gasteiger partial charge in [-0.25, -0.2) is 10.5 Å². The molecule has 4 N–H and O–H groups in total. The van der Waals surface area contributed by atoms with Gasteiger partial charge in [0.05, 0.1) is 6.42 Å². The van der Waals surface area contributed by atoms with E-state index in [1.54, 1.807) is 12.3 Å². The van der Waals surface area contributed by atoms with E-state index in [0.717, 1.165) is 0 Å². The molecule has 11 heteroatoms. The summed E-state index contributed by atoms with van der Waals surface area (Å²) in [6.45, 7) is -0.351. The van der Waals surface area contributed by atoms with Crippen LogP contribution in [0.25, 0.3) is 5.95 Å². The molecule has 0 saturated carbocycles. The Hall–Kier alpha value is -2.43. The van der Waals surface area contributed by atoms with Crippen LogP contribution in [0.1, 0.15) is 6.42 Å². The van der Waals surface area contributed by atoms with Gasteiger partial charge in [-0.1, -0.05) is 0 Å². The van der Waals surface area contributed by atoms with Gasteiger partial charge in [0.2, 0.25) is 11.9 Å². The van der Waals surface area contributed by atoms with Crippen LogP contribution in [-0.4, -0.2) is 37.5 Å². The summed E-state index contributed by atoms with van der Waals surface area (Å²) in [5.41, 5.74) is 2.21. The highest BCUT2D eigenvalue weighted by molar-refractivity contribution is 5.36. The Labute approximate surface area is 111 Å². The highest BCUT2D eigenvalue weighted by atomic mass is 19.4. The number of rotatable bonds is 5. The van der Waals surface area contributed by atoms with Crippen molar-refractivity contribution in [1.29, 1.82) is 0 Å². The summed E-state index contributed by atoms with van der Waals surface area (Å²) in [6.07, 6.45) is -2.16. The van der Waals surface area contributed by atoms with E-state index in [4.69, 9.17) is 5.84 Å². The standard InChI is InChI=1S/C9H11F3N8/c10-9(11,12)2-4-14-6-16-7(19-13)18-8(17-6)20-5-1-3-15-20/h1,3,5H,2,4,13H2,(H2,14,16,17,18,19). The number of nitrogen functional groups attached to an aromatic ring is 1. The van der Waals surface area contributed by atoms with E-state index < -0.39 is 12.6 Å². The maximum absolute atomic E-state index is 12.1. The van der Waals surface area contributed by atoms with Crippen LogP contribution in [0.5, 0.6) is 0 Å². The van der Waals surface area contributed by atoms with E-state index in [-0.39, 0.29) is 24.4 Å². The number of aromatic nitrogens is 5. The Morgan fingerprint density at radius 3 is 2.55 bits per heavy atom. The topological polar surface area (TPSA) is 107 Å². The molecule has 0 aliphatic carbocycles. The molecule has 8 nitrogen and oxygen atoms in total. The Morgan fingerprint density at radius 1 is 1.20 bits per heavy atom. The van der Waals surface area contributed by atoms with E-state index in [2.05, 4.69) is 30.8 Å². The van der Waals surface area contributed by atoms with Gasteiger partial charge in [-0.05, 0) is 6.07 Å². The summed E-state index contributed by atoms with van der Waals surface area (Å²) < 4.78 is 37.5. The molecule has 2 rings (SSSR count). The van der Waals surface area contributed by atoms with Gasteiger partial charge in [0.15, 0.2) is 0 Å². The lowest BCUT2D eigenvalue weighted by Gasteiger charge is -2.09. The minimum Gasteiger partial charge on any atom is -0.354 e. The zero-order valence-corrected chi connectivity index (χ0v) is 10.1. The summed E-state index contributed by atoms with van der Waals surface area (Å²) in [5, 5.41) is 6.37. The van der Waals surface area contributed by atoms with Crippen molar-refractivity contribution < 1.29 is 13.2 Å². The summed E-state index contributed by atoms with van der Waals surface area (Å²) in [5.74, 6) is 5.32. The number of anilines is 2. The Kier molecular flexibility index (Phi) is 3.98. The number of hydrazine groups is 1. The quantitative estimate of drug-likeness (QED) is 0.549. The predicted molar refractivity (Wildman–Crippen MR) is 63.9 cm³/mol. The van der Waals surface area contributed by atoms with Crippen molar-refractivity contribution in [3.8, 4) is 5.95 Å². The first-order chi connectivity index (χ1) is 9.48. The van der Waals surface area contributed by atoms with E-state index in [1.807, 2.05) is 0 Å². The molecule has 0 spiro atoms. The monoisotopic (exact) mass is 288 g/mol. The molecule has 0 saturated heterocycles. The average Bonchev–Trinajstić information content (AvgIpc) is 2.90. The van der Waals surface area contributed by atoms with Gasteiger partial charge in [-0.2, -0.15) is 33.2 Å². The summed E-state index contributed by atoms with van der Waals surface area (Å²) >= 11 is 0. The Morgan fingerprint density at radius 2 is 1.95 bits per heavy atom. The molecule has 2 aromatic heterocycles. The van der Waals surface area contributed by atoms with Crippen molar-refractivity contribution in [3.05, 3.63) is 18.5 Å². The molecule has 0 bridgehead atoms. The number of alkyl halides is 3. The maximum atomic E-state index is 12.1. The molecule has 0 unspecified atom stereocenters. The molecule has 0 aliphatic rings. The summed E-state index contributed by atoms with van der Waals surface area (Å²) in [6, 6.07) is 1.65. The van der Waals surface area contributed by atoms with Crippen LogP contribution in [0.2, 0.25) is 0 Å². The first kappa shape index (κ1) is 14.0. The highest BCUT2D eigenvalue weighted by Crippen LogP contribution is 2.19. The molecule has 0 atom stereocenters. The van der Waals surface area contributed by atoms with Crippen LogP contribution in [0.3, 0.4) is 0 Å². The molecule has 2 heterocycles. The van der Waals surface area contributed by atoms with Crippen molar-refractivity contribution in [2.45, 2.75) is 12.6 Å². The van der Waals surface area contributed by atoms with Crippen LogP contribution in [0.15, 0.2) is 18.5 Å². The molecule has 20 heavy (non-hydrogen) atoms. The molecule has 0 amide bonds. The summed E-state index contributed by atoms with van der Waals surface area (Å²) in [7, 11) is 0. The molecule has 108 valence electrons. The summed E-state index contributed by atoms with van der Waals surface area (Å²) in [4.78, 5) is 11.7. The van der Waals surface area contributed by atoms with Crippen molar-refractivity contribution in [1.82, 2.24) is 24.7 Å². The van der Waals surface area contributed by atoms with Gasteiger partial charge in [-0.3, -0.25) is 5.43 Å². The number of hydrogen-bond donors (Lipinski definition) is 3. The minimum atomic E-state index is -4.25. The zero-order chi connectivity index (χ0) is 14.6. The molecule has 0 radical (unpaired) electrons. The zero-order valence-electron chi connectivity index (χ0n) is 10.1. The second kappa shape index (κ2) is 5.69. The van der Waals surface area contributed by atoms with Crippen LogP contribution in [-0.2, 0) is 0 Å². The molecule has 2 aromatic rings. The third-order valence-corrected chi connectivity index (χ3v) is 2.15. The van der Waals surface area contributed by atoms with Crippen LogP contribution < -0.4 is 16.6 Å². The SMILES string of the molecule is NNc1nc(NCCC(F)(F)F)nc(-n2cccn2)n1. The average molecular weight is 288 g/mol. The van der Waals surface area contributed by atoms with Crippen molar-refractivity contribution in [2.75, 3.05) is 17.3 Å². The number of hydrogen-bond acceptors (Lipinski definition) is 7. The lowest BCUT2D eigenvalue weighted by atomic mass is 10.4. The number of nitrogens with two attached hydrogens (primary N) is 1. The molecular weight excluding hydrogens is 277 g/mol. The smallest absolute Gasteiger partial charge is 0.354 e. The molecule has 0 aliphatic heterocycles. The largest absolute Gasteiger partial charge is 0.390 e. The van der Waals surface area contributed by atoms with Gasteiger partial charge >= 0.3 is 6.18 Å². The number of nitrogens with zero attached hydrogens (tertiary/aromatic N) is 5. The third-order valence-electron chi connectivity index (χ3n) is 2.15. The van der Waals surface area contributed by atoms with Crippen LogP contribution in [0, 0.1) is 0 Å². The van der Waals surface area contributed by atoms with E-state index in [1.165, 1.54) is 10.9 Å². The van der Waals surface area contributed by atoms with Crippen molar-refractivity contribution in [3.63, 3.8) is 0 Å². The van der Waals surface area contributed by atoms with Gasteiger partial charge in [-0.15, -0.1) is 0 Å². The number of nitrogens with one attached hydrogen (secondary N) is 2. The fourth-order valence-corrected chi connectivity index (χ4v) is 1.31. The fourth-order valence-electron chi connectivity index (χ4n) is 1.31. The lowest BCUT2D eigenvalue weighted by Crippen LogP contribution is -2.19. The lowest BCUT2D eigenvalue weighted by molar-refractivity contribution is -0.131. The first-order valence-corrected chi connectivity index (χ1v) is 5.51. The first-order valence-electron chi connectivity index (χ1n) is 5.51. The van der Waals surface area contributed by atoms with Gasteiger partial charge in [0.25, 0.3) is 5.95 Å². The van der Waals surface area contributed by atoms with E-state index >= 15 is 0 Å². The Balaban J connectivity index is 2.14. The third kappa shape index (κ3) is 3.78. The normalized spacial score (nSPS) is 11.4. The van der Waals surface area contributed by atoms with Crippen LogP contribution >= 0.6 is 0 Å². The van der Waals surface area contributed by atoms with E-state index in [9.17, 15) is 13.2 Å². The van der Waals surface area contributed by atoms with Gasteiger partial charge in [0, 0.05) is 18.9 Å². The van der Waals surface area contributed by atoms with Crippen LogP contribution in [0.4, 0.5) is 25.1 Å². The Bertz CT molecular complexity index is 553. The minimum absolute atomic E-state index is 0.0139. The van der Waals surface area contributed by atoms with E-state index in [0.29, 0.717) is 0 Å². The fraction of sp³-hybridized carbons (Fsp3) is 0.333. The highest BCUT2D eigenvalue weighted by Gasteiger charge is 2.26. The maximum Gasteiger partial charge on any atom is 0.390 e. The van der Waals surface area contributed by atoms with Crippen molar-refractivity contribution in [2.24, 2.45) is 5.84 Å². The van der Waals surface area contributed by atoms with Crippen molar-refractivity contribution >= 4 is 11.9 Å². The second-order valence-corrected chi connectivity index (χ2v) is 3.67. The second-order valence-electron chi connectivity index (χ2n) is 3.67. The van der Waals surface area contributed by atoms with Gasteiger partial charge < -0.3 is 5.32 Å². The number of halogens is 3. The predicted octanol–water partition coefficient (Wildman–Crippen LogP) is 0.707. The molecular formula is C9H11F3N8. The molecule has 0 fully saturated rings.